The van der Waals surface area contributed by atoms with Crippen molar-refractivity contribution in [1.29, 1.82) is 5.26 Å². The Balaban J connectivity index is 2.93. The van der Waals surface area contributed by atoms with E-state index in [-0.39, 0.29) is 0 Å². The van der Waals surface area contributed by atoms with E-state index < -0.39 is 0 Å². The van der Waals surface area contributed by atoms with E-state index >= 15 is 0 Å². The number of rotatable bonds is 0. The standard InChI is InChI=1S/C9H4INS2/c10-9-5(3-11)1-2-7-8(9)6(12)4-13-7/h1-2,4,12H. The number of halogens is 1. The molecule has 0 unspecified atom stereocenters. The van der Waals surface area contributed by atoms with Crippen molar-refractivity contribution in [2.75, 3.05) is 0 Å². The summed E-state index contributed by atoms with van der Waals surface area (Å²) < 4.78 is 2.19. The highest BCUT2D eigenvalue weighted by Gasteiger charge is 2.08. The molecule has 0 aliphatic carbocycles. The fourth-order valence-corrected chi connectivity index (χ4v) is 3.74. The van der Waals surface area contributed by atoms with Crippen LogP contribution in [0.5, 0.6) is 0 Å². The van der Waals surface area contributed by atoms with Gasteiger partial charge in [-0.15, -0.1) is 24.0 Å². The van der Waals surface area contributed by atoms with Gasteiger partial charge in [0.25, 0.3) is 0 Å². The van der Waals surface area contributed by atoms with E-state index in [2.05, 4.69) is 41.3 Å². The zero-order valence-corrected chi connectivity index (χ0v) is 10.3. The van der Waals surface area contributed by atoms with Crippen LogP contribution in [-0.4, -0.2) is 0 Å². The van der Waals surface area contributed by atoms with Crippen LogP contribution in [0.2, 0.25) is 0 Å². The molecule has 1 aromatic heterocycles. The van der Waals surface area contributed by atoms with Crippen LogP contribution in [0.3, 0.4) is 0 Å². The summed E-state index contributed by atoms with van der Waals surface area (Å²) in [7, 11) is 0. The molecule has 0 aliphatic rings. The van der Waals surface area contributed by atoms with Crippen LogP contribution in [0.25, 0.3) is 10.1 Å². The lowest BCUT2D eigenvalue weighted by Gasteiger charge is -1.97. The molecule has 0 atom stereocenters. The summed E-state index contributed by atoms with van der Waals surface area (Å²) in [6, 6.07) is 6.00. The first-order chi connectivity index (χ1) is 6.24. The van der Waals surface area contributed by atoms with E-state index in [1.165, 1.54) is 4.70 Å². The minimum absolute atomic E-state index is 0.724. The van der Waals surface area contributed by atoms with Crippen molar-refractivity contribution in [2.24, 2.45) is 0 Å². The number of hydrogen-bond donors (Lipinski definition) is 1. The molecule has 0 saturated heterocycles. The summed E-state index contributed by atoms with van der Waals surface area (Å²) in [6.45, 7) is 0. The van der Waals surface area contributed by atoms with Crippen LogP contribution in [0.15, 0.2) is 22.4 Å². The Morgan fingerprint density at radius 1 is 1.46 bits per heavy atom. The van der Waals surface area contributed by atoms with Gasteiger partial charge in [0.15, 0.2) is 0 Å². The van der Waals surface area contributed by atoms with E-state index in [0.29, 0.717) is 0 Å². The molecule has 1 aromatic carbocycles. The Morgan fingerprint density at radius 3 is 2.92 bits per heavy atom. The van der Waals surface area contributed by atoms with E-state index in [1.54, 1.807) is 11.3 Å². The molecular formula is C9H4INS2. The lowest BCUT2D eigenvalue weighted by Crippen LogP contribution is -1.81. The molecule has 0 bridgehead atoms. The van der Waals surface area contributed by atoms with Crippen molar-refractivity contribution in [3.63, 3.8) is 0 Å². The quantitative estimate of drug-likeness (QED) is 0.582. The average molecular weight is 317 g/mol. The van der Waals surface area contributed by atoms with Gasteiger partial charge in [0, 0.05) is 23.9 Å². The van der Waals surface area contributed by atoms with Crippen LogP contribution >= 0.6 is 46.6 Å². The van der Waals surface area contributed by atoms with Crippen molar-refractivity contribution >= 4 is 56.6 Å². The van der Waals surface area contributed by atoms with Crippen LogP contribution in [-0.2, 0) is 0 Å². The molecule has 13 heavy (non-hydrogen) atoms. The molecule has 0 spiro atoms. The number of nitrogens with zero attached hydrogens (tertiary/aromatic N) is 1. The second-order valence-electron chi connectivity index (χ2n) is 2.53. The van der Waals surface area contributed by atoms with Crippen molar-refractivity contribution in [3.05, 3.63) is 26.6 Å². The molecule has 0 aliphatic heterocycles. The second-order valence-corrected chi connectivity index (χ2v) is 5.00. The smallest absolute Gasteiger partial charge is 0.100 e. The SMILES string of the molecule is N#Cc1ccc2scc(S)c2c1I. The summed E-state index contributed by atoms with van der Waals surface area (Å²) in [5.74, 6) is 0. The predicted molar refractivity (Wildman–Crippen MR) is 66.5 cm³/mol. The fraction of sp³-hybridized carbons (Fsp3) is 0. The molecule has 0 amide bonds. The van der Waals surface area contributed by atoms with Crippen molar-refractivity contribution in [3.8, 4) is 6.07 Å². The Kier molecular flexibility index (Phi) is 2.49. The first-order valence-electron chi connectivity index (χ1n) is 3.53. The Labute approximate surface area is 98.9 Å². The number of benzene rings is 1. The van der Waals surface area contributed by atoms with E-state index in [9.17, 15) is 0 Å². The van der Waals surface area contributed by atoms with Gasteiger partial charge in [-0.25, -0.2) is 0 Å². The molecule has 64 valence electrons. The molecule has 0 N–H and O–H groups in total. The minimum atomic E-state index is 0.724. The molecule has 4 heteroatoms. The number of thiol groups is 1. The molecule has 0 radical (unpaired) electrons. The maximum Gasteiger partial charge on any atom is 0.100 e. The number of hydrogen-bond acceptors (Lipinski definition) is 3. The van der Waals surface area contributed by atoms with Crippen LogP contribution < -0.4 is 0 Å². The number of thiophene rings is 1. The van der Waals surface area contributed by atoms with E-state index in [0.717, 1.165) is 19.4 Å². The number of fused-ring (bicyclic) bond motifs is 1. The maximum atomic E-state index is 8.83. The van der Waals surface area contributed by atoms with Crippen LogP contribution in [0.1, 0.15) is 5.56 Å². The predicted octanol–water partition coefficient (Wildman–Crippen LogP) is 3.67. The molecule has 1 heterocycles. The van der Waals surface area contributed by atoms with Crippen LogP contribution in [0, 0.1) is 14.9 Å². The monoisotopic (exact) mass is 317 g/mol. The zero-order chi connectivity index (χ0) is 9.42. The first-order valence-corrected chi connectivity index (χ1v) is 5.93. The summed E-state index contributed by atoms with van der Waals surface area (Å²) >= 11 is 8.21. The topological polar surface area (TPSA) is 23.8 Å². The summed E-state index contributed by atoms with van der Waals surface area (Å²) in [5.41, 5.74) is 0.724. The lowest BCUT2D eigenvalue weighted by atomic mass is 10.2. The van der Waals surface area contributed by atoms with Gasteiger partial charge in [-0.2, -0.15) is 5.26 Å². The van der Waals surface area contributed by atoms with Gasteiger partial charge >= 0.3 is 0 Å². The zero-order valence-electron chi connectivity index (χ0n) is 6.41. The van der Waals surface area contributed by atoms with Gasteiger partial charge in [0.2, 0.25) is 0 Å². The van der Waals surface area contributed by atoms with Crippen molar-refractivity contribution < 1.29 is 0 Å². The molecule has 2 aromatic rings. The van der Waals surface area contributed by atoms with Crippen molar-refractivity contribution in [2.45, 2.75) is 4.90 Å². The minimum Gasteiger partial charge on any atom is -0.192 e. The molecule has 0 fully saturated rings. The number of nitriles is 1. The second kappa shape index (κ2) is 3.48. The first kappa shape index (κ1) is 9.31. The third-order valence-corrected chi connectivity index (χ3v) is 4.37. The van der Waals surface area contributed by atoms with Crippen LogP contribution in [0.4, 0.5) is 0 Å². The van der Waals surface area contributed by atoms with Gasteiger partial charge < -0.3 is 0 Å². The molecule has 1 nitrogen and oxygen atoms in total. The fourth-order valence-electron chi connectivity index (χ4n) is 1.16. The third kappa shape index (κ3) is 1.45. The largest absolute Gasteiger partial charge is 0.192 e. The van der Waals surface area contributed by atoms with E-state index in [1.807, 2.05) is 17.5 Å². The molecule has 0 saturated carbocycles. The molecular weight excluding hydrogens is 313 g/mol. The summed E-state index contributed by atoms with van der Waals surface area (Å²) in [6.07, 6.45) is 0. The highest BCUT2D eigenvalue weighted by molar-refractivity contribution is 14.1. The highest BCUT2D eigenvalue weighted by atomic mass is 127. The third-order valence-electron chi connectivity index (χ3n) is 1.78. The van der Waals surface area contributed by atoms with Gasteiger partial charge in [-0.1, -0.05) is 0 Å². The highest BCUT2D eigenvalue weighted by Crippen LogP contribution is 2.33. The Morgan fingerprint density at radius 2 is 2.23 bits per heavy atom. The van der Waals surface area contributed by atoms with Gasteiger partial charge in [0.05, 0.1) is 5.56 Å². The van der Waals surface area contributed by atoms with Gasteiger partial charge in [0.1, 0.15) is 6.07 Å². The average Bonchev–Trinajstić information content (AvgIpc) is 2.49. The lowest BCUT2D eigenvalue weighted by molar-refractivity contribution is 1.48. The van der Waals surface area contributed by atoms with Crippen molar-refractivity contribution in [1.82, 2.24) is 0 Å². The maximum absolute atomic E-state index is 8.83. The van der Waals surface area contributed by atoms with Gasteiger partial charge in [-0.3, -0.25) is 0 Å². The summed E-state index contributed by atoms with van der Waals surface area (Å²) in [5, 5.41) is 11.9. The van der Waals surface area contributed by atoms with E-state index in [4.69, 9.17) is 5.26 Å². The van der Waals surface area contributed by atoms with Gasteiger partial charge in [-0.05, 0) is 34.7 Å². The molecule has 2 rings (SSSR count). The normalized spacial score (nSPS) is 10.2. The Bertz CT molecular complexity index is 510. The summed E-state index contributed by atoms with van der Waals surface area (Å²) in [4.78, 5) is 0.960. The Hall–Kier alpha value is -0.250.